The normalized spacial score (nSPS) is 10.5. The zero-order chi connectivity index (χ0) is 10.8. The van der Waals surface area contributed by atoms with Gasteiger partial charge in [0, 0.05) is 12.4 Å². The molecule has 0 saturated heterocycles. The van der Waals surface area contributed by atoms with E-state index in [0.717, 1.165) is 11.3 Å². The minimum atomic E-state index is 0.498. The van der Waals surface area contributed by atoms with E-state index in [9.17, 15) is 0 Å². The molecule has 2 rings (SSSR count). The van der Waals surface area contributed by atoms with Crippen molar-refractivity contribution in [1.29, 1.82) is 0 Å². The second-order valence-electron chi connectivity index (χ2n) is 3.30. The second kappa shape index (κ2) is 3.90. The van der Waals surface area contributed by atoms with Crippen LogP contribution in [-0.2, 0) is 6.54 Å². The second-order valence-corrected chi connectivity index (χ2v) is 3.68. The van der Waals surface area contributed by atoms with Crippen LogP contribution in [0.15, 0.2) is 24.5 Å². The first-order chi connectivity index (χ1) is 7.18. The van der Waals surface area contributed by atoms with Crippen molar-refractivity contribution in [2.24, 2.45) is 0 Å². The number of nitrogens with zero attached hydrogens (tertiary/aromatic N) is 3. The van der Waals surface area contributed by atoms with Gasteiger partial charge < -0.3 is 5.73 Å². The fourth-order valence-electron chi connectivity index (χ4n) is 1.36. The lowest BCUT2D eigenvalue weighted by atomic mass is 10.3. The number of aromatic nitrogens is 3. The molecule has 0 aliphatic heterocycles. The fraction of sp³-hybridized carbons (Fsp3) is 0.200. The predicted molar refractivity (Wildman–Crippen MR) is 59.7 cm³/mol. The maximum Gasteiger partial charge on any atom is 0.141 e. The quantitative estimate of drug-likeness (QED) is 0.844. The van der Waals surface area contributed by atoms with Gasteiger partial charge in [-0.05, 0) is 18.6 Å². The van der Waals surface area contributed by atoms with E-state index in [2.05, 4.69) is 10.1 Å². The minimum absolute atomic E-state index is 0.498. The maximum atomic E-state index is 5.94. The van der Waals surface area contributed by atoms with Gasteiger partial charge in [-0.25, -0.2) is 4.68 Å². The van der Waals surface area contributed by atoms with Crippen molar-refractivity contribution >= 4 is 17.4 Å². The molecule has 2 aromatic rings. The first kappa shape index (κ1) is 9.98. The van der Waals surface area contributed by atoms with Gasteiger partial charge in [0.1, 0.15) is 10.8 Å². The van der Waals surface area contributed by atoms with Crippen LogP contribution in [0.25, 0.3) is 0 Å². The van der Waals surface area contributed by atoms with Crippen LogP contribution < -0.4 is 5.73 Å². The lowest BCUT2D eigenvalue weighted by Crippen LogP contribution is -2.06. The first-order valence-corrected chi connectivity index (χ1v) is 4.93. The Hall–Kier alpha value is -1.55. The Morgan fingerprint density at radius 3 is 2.87 bits per heavy atom. The third-order valence-electron chi connectivity index (χ3n) is 2.15. The number of halogens is 1. The minimum Gasteiger partial charge on any atom is -0.383 e. The molecule has 0 aromatic carbocycles. The maximum absolute atomic E-state index is 5.94. The van der Waals surface area contributed by atoms with Crippen molar-refractivity contribution in [3.05, 3.63) is 40.8 Å². The highest BCUT2D eigenvalue weighted by atomic mass is 35.5. The van der Waals surface area contributed by atoms with Gasteiger partial charge in [-0.2, -0.15) is 5.10 Å². The molecule has 2 aromatic heterocycles. The van der Waals surface area contributed by atoms with Crippen molar-refractivity contribution in [1.82, 2.24) is 14.8 Å². The van der Waals surface area contributed by atoms with E-state index in [4.69, 9.17) is 17.3 Å². The topological polar surface area (TPSA) is 56.7 Å². The van der Waals surface area contributed by atoms with E-state index >= 15 is 0 Å². The van der Waals surface area contributed by atoms with Crippen LogP contribution in [0, 0.1) is 6.92 Å². The molecule has 0 radical (unpaired) electrons. The number of pyridine rings is 1. The average molecular weight is 223 g/mol. The number of rotatable bonds is 2. The predicted octanol–water partition coefficient (Wildman–Crippen LogP) is 1.87. The Labute approximate surface area is 92.7 Å². The SMILES string of the molecule is Cc1nn(Cc2cccnc2)c(N)c1Cl. The van der Waals surface area contributed by atoms with Crippen molar-refractivity contribution < 1.29 is 0 Å². The van der Waals surface area contributed by atoms with Crippen LogP contribution in [0.2, 0.25) is 5.02 Å². The summed E-state index contributed by atoms with van der Waals surface area (Å²) in [5, 5.41) is 4.76. The van der Waals surface area contributed by atoms with Gasteiger partial charge in [0.15, 0.2) is 0 Å². The largest absolute Gasteiger partial charge is 0.383 e. The summed E-state index contributed by atoms with van der Waals surface area (Å²) in [6.07, 6.45) is 3.51. The molecule has 0 saturated carbocycles. The summed E-state index contributed by atoms with van der Waals surface area (Å²) in [4.78, 5) is 4.02. The van der Waals surface area contributed by atoms with E-state index in [1.807, 2.05) is 19.1 Å². The molecule has 0 unspecified atom stereocenters. The van der Waals surface area contributed by atoms with Crippen LogP contribution >= 0.6 is 11.6 Å². The molecule has 0 atom stereocenters. The third kappa shape index (κ3) is 1.94. The summed E-state index contributed by atoms with van der Waals surface area (Å²) in [6.45, 7) is 2.42. The standard InChI is InChI=1S/C10H11ClN4/c1-7-9(11)10(12)15(14-7)6-8-3-2-4-13-5-8/h2-5H,6,12H2,1H3. The van der Waals surface area contributed by atoms with Gasteiger partial charge >= 0.3 is 0 Å². The average Bonchev–Trinajstić information content (AvgIpc) is 2.48. The Bertz CT molecular complexity index is 464. The van der Waals surface area contributed by atoms with E-state index < -0.39 is 0 Å². The molecular weight excluding hydrogens is 212 g/mol. The Balaban J connectivity index is 2.29. The van der Waals surface area contributed by atoms with Crippen LogP contribution in [-0.4, -0.2) is 14.8 Å². The van der Waals surface area contributed by atoms with Crippen LogP contribution in [0.1, 0.15) is 11.3 Å². The molecule has 4 nitrogen and oxygen atoms in total. The highest BCUT2D eigenvalue weighted by Crippen LogP contribution is 2.22. The Morgan fingerprint density at radius 2 is 2.33 bits per heavy atom. The number of hydrogen-bond donors (Lipinski definition) is 1. The molecule has 0 spiro atoms. The number of nitrogens with two attached hydrogens (primary N) is 1. The number of nitrogen functional groups attached to an aromatic ring is 1. The van der Waals surface area contributed by atoms with E-state index in [1.54, 1.807) is 17.1 Å². The summed E-state index contributed by atoms with van der Waals surface area (Å²) < 4.78 is 1.68. The fourth-order valence-corrected chi connectivity index (χ4v) is 1.50. The van der Waals surface area contributed by atoms with Crippen molar-refractivity contribution in [2.75, 3.05) is 5.73 Å². The molecule has 5 heteroatoms. The third-order valence-corrected chi connectivity index (χ3v) is 2.61. The molecule has 2 N–H and O–H groups in total. The van der Waals surface area contributed by atoms with E-state index in [1.165, 1.54) is 0 Å². The lowest BCUT2D eigenvalue weighted by Gasteiger charge is -2.03. The smallest absolute Gasteiger partial charge is 0.141 e. The number of hydrogen-bond acceptors (Lipinski definition) is 3. The Kier molecular flexibility index (Phi) is 2.60. The van der Waals surface area contributed by atoms with Gasteiger partial charge in [0.05, 0.1) is 12.2 Å². The molecule has 15 heavy (non-hydrogen) atoms. The first-order valence-electron chi connectivity index (χ1n) is 4.56. The molecule has 2 heterocycles. The van der Waals surface area contributed by atoms with Gasteiger partial charge in [-0.3, -0.25) is 4.98 Å². The molecular formula is C10H11ClN4. The Morgan fingerprint density at radius 1 is 1.53 bits per heavy atom. The van der Waals surface area contributed by atoms with Crippen LogP contribution in [0.3, 0.4) is 0 Å². The van der Waals surface area contributed by atoms with E-state index in [-0.39, 0.29) is 0 Å². The highest BCUT2D eigenvalue weighted by Gasteiger charge is 2.09. The summed E-state index contributed by atoms with van der Waals surface area (Å²) in [5.74, 6) is 0.498. The zero-order valence-corrected chi connectivity index (χ0v) is 9.07. The van der Waals surface area contributed by atoms with E-state index in [0.29, 0.717) is 17.4 Å². The molecule has 0 aliphatic carbocycles. The van der Waals surface area contributed by atoms with Gasteiger partial charge in [0.25, 0.3) is 0 Å². The number of anilines is 1. The molecule has 0 fully saturated rings. The summed E-state index contributed by atoms with van der Waals surface area (Å²) in [7, 11) is 0. The van der Waals surface area contributed by atoms with Gasteiger partial charge in [-0.15, -0.1) is 0 Å². The molecule has 78 valence electrons. The summed E-state index contributed by atoms with van der Waals surface area (Å²) >= 11 is 5.94. The van der Waals surface area contributed by atoms with Gasteiger partial charge in [0.2, 0.25) is 0 Å². The zero-order valence-electron chi connectivity index (χ0n) is 8.31. The molecule has 0 amide bonds. The highest BCUT2D eigenvalue weighted by molar-refractivity contribution is 6.33. The van der Waals surface area contributed by atoms with Crippen molar-refractivity contribution in [2.45, 2.75) is 13.5 Å². The molecule has 0 aliphatic rings. The number of aryl methyl sites for hydroxylation is 1. The summed E-state index contributed by atoms with van der Waals surface area (Å²) in [6, 6.07) is 3.85. The lowest BCUT2D eigenvalue weighted by molar-refractivity contribution is 0.687. The van der Waals surface area contributed by atoms with Gasteiger partial charge in [-0.1, -0.05) is 17.7 Å². The van der Waals surface area contributed by atoms with Crippen LogP contribution in [0.4, 0.5) is 5.82 Å². The van der Waals surface area contributed by atoms with Crippen LogP contribution in [0.5, 0.6) is 0 Å². The summed E-state index contributed by atoms with van der Waals surface area (Å²) in [5.41, 5.74) is 7.59. The van der Waals surface area contributed by atoms with Crippen molar-refractivity contribution in [3.63, 3.8) is 0 Å². The molecule has 0 bridgehead atoms. The van der Waals surface area contributed by atoms with Crippen molar-refractivity contribution in [3.8, 4) is 0 Å². The monoisotopic (exact) mass is 222 g/mol.